The van der Waals surface area contributed by atoms with Gasteiger partial charge in [-0.1, -0.05) is 12.1 Å². The van der Waals surface area contributed by atoms with Crippen molar-refractivity contribution in [3.8, 4) is 0 Å². The Hall–Kier alpha value is -1.27. The molecule has 1 aliphatic rings. The van der Waals surface area contributed by atoms with E-state index in [1.165, 1.54) is 4.31 Å². The van der Waals surface area contributed by atoms with E-state index in [1.807, 2.05) is 31.3 Å². The third kappa shape index (κ3) is 2.06. The van der Waals surface area contributed by atoms with Gasteiger partial charge in [0.1, 0.15) is 0 Å². The number of fused-ring (bicyclic) bond motifs is 1. The number of nitrogens with zero attached hydrogens (tertiary/aromatic N) is 2. The van der Waals surface area contributed by atoms with Crippen LogP contribution >= 0.6 is 0 Å². The van der Waals surface area contributed by atoms with E-state index in [9.17, 15) is 8.42 Å². The van der Waals surface area contributed by atoms with Crippen LogP contribution in [0, 0.1) is 0 Å². The highest BCUT2D eigenvalue weighted by molar-refractivity contribution is 7.93. The second kappa shape index (κ2) is 4.78. The van der Waals surface area contributed by atoms with E-state index in [2.05, 4.69) is 4.90 Å². The molecular formula is C12H19N3O2S. The number of anilines is 2. The Morgan fingerprint density at radius 1 is 1.28 bits per heavy atom. The lowest BCUT2D eigenvalue weighted by atomic mass is 10.2. The van der Waals surface area contributed by atoms with Crippen LogP contribution in [-0.2, 0) is 10.0 Å². The minimum absolute atomic E-state index is 0.136. The lowest BCUT2D eigenvalue weighted by Gasteiger charge is -2.37. The van der Waals surface area contributed by atoms with Crippen molar-refractivity contribution in [3.63, 3.8) is 0 Å². The molecule has 1 aromatic rings. The summed E-state index contributed by atoms with van der Waals surface area (Å²) in [6.45, 7) is 2.95. The summed E-state index contributed by atoms with van der Waals surface area (Å²) < 4.78 is 26.3. The average Bonchev–Trinajstić information content (AvgIpc) is 2.38. The van der Waals surface area contributed by atoms with E-state index in [1.54, 1.807) is 6.92 Å². The van der Waals surface area contributed by atoms with Gasteiger partial charge in [-0.2, -0.15) is 0 Å². The molecule has 0 radical (unpaired) electrons. The minimum Gasteiger partial charge on any atom is -0.371 e. The highest BCUT2D eigenvalue weighted by atomic mass is 32.2. The summed E-state index contributed by atoms with van der Waals surface area (Å²) in [5.41, 5.74) is 7.18. The van der Waals surface area contributed by atoms with Crippen LogP contribution in [0.4, 0.5) is 11.4 Å². The van der Waals surface area contributed by atoms with Crippen LogP contribution in [-0.4, -0.2) is 40.3 Å². The van der Waals surface area contributed by atoms with E-state index in [0.717, 1.165) is 11.4 Å². The van der Waals surface area contributed by atoms with Crippen LogP contribution in [0.15, 0.2) is 24.3 Å². The molecular weight excluding hydrogens is 250 g/mol. The number of sulfonamides is 1. The summed E-state index contributed by atoms with van der Waals surface area (Å²) in [7, 11) is -1.40. The number of rotatable bonds is 3. The van der Waals surface area contributed by atoms with E-state index in [4.69, 9.17) is 5.73 Å². The molecule has 2 N–H and O–H groups in total. The number of nitrogens with two attached hydrogens (primary N) is 1. The summed E-state index contributed by atoms with van der Waals surface area (Å²) >= 11 is 0. The Morgan fingerprint density at radius 2 is 1.89 bits per heavy atom. The molecule has 5 nitrogen and oxygen atoms in total. The predicted molar refractivity (Wildman–Crippen MR) is 74.5 cm³/mol. The van der Waals surface area contributed by atoms with Gasteiger partial charge < -0.3 is 10.6 Å². The van der Waals surface area contributed by atoms with Crippen LogP contribution in [0.5, 0.6) is 0 Å². The molecule has 1 heterocycles. The van der Waals surface area contributed by atoms with E-state index >= 15 is 0 Å². The number of hydrogen-bond donors (Lipinski definition) is 1. The first kappa shape index (κ1) is 13.2. The molecule has 1 aliphatic heterocycles. The largest absolute Gasteiger partial charge is 0.371 e. The Balaban J connectivity index is 2.47. The standard InChI is InChI=1S/C12H19N3O2S/c1-10(9-13)18(16,17)15-8-7-14(2)11-5-3-4-6-12(11)15/h3-6,10H,7-9,13H2,1-2H3. The molecule has 0 saturated heterocycles. The van der Waals surface area contributed by atoms with Crippen molar-refractivity contribution in [3.05, 3.63) is 24.3 Å². The third-order valence-corrected chi connectivity index (χ3v) is 5.55. The monoisotopic (exact) mass is 269 g/mol. The Bertz CT molecular complexity index is 530. The Morgan fingerprint density at radius 3 is 2.50 bits per heavy atom. The molecule has 0 aromatic heterocycles. The van der Waals surface area contributed by atoms with Crippen molar-refractivity contribution in [2.45, 2.75) is 12.2 Å². The summed E-state index contributed by atoms with van der Waals surface area (Å²) in [5, 5.41) is -0.561. The van der Waals surface area contributed by atoms with Gasteiger partial charge in [-0.3, -0.25) is 4.31 Å². The maximum Gasteiger partial charge on any atom is 0.239 e. The smallest absolute Gasteiger partial charge is 0.239 e. The van der Waals surface area contributed by atoms with Crippen molar-refractivity contribution in [1.82, 2.24) is 0 Å². The van der Waals surface area contributed by atoms with Gasteiger partial charge in [0.25, 0.3) is 0 Å². The van der Waals surface area contributed by atoms with Crippen molar-refractivity contribution in [2.75, 3.05) is 35.9 Å². The zero-order valence-corrected chi connectivity index (χ0v) is 11.5. The molecule has 2 rings (SSSR count). The molecule has 0 fully saturated rings. The van der Waals surface area contributed by atoms with Crippen LogP contribution < -0.4 is 14.9 Å². The van der Waals surface area contributed by atoms with E-state index in [-0.39, 0.29) is 6.54 Å². The van der Waals surface area contributed by atoms with Crippen LogP contribution in [0.3, 0.4) is 0 Å². The van der Waals surface area contributed by atoms with Crippen LogP contribution in [0.25, 0.3) is 0 Å². The molecule has 18 heavy (non-hydrogen) atoms. The number of hydrogen-bond acceptors (Lipinski definition) is 4. The lowest BCUT2D eigenvalue weighted by molar-refractivity contribution is 0.577. The summed E-state index contributed by atoms with van der Waals surface area (Å²) in [6.07, 6.45) is 0. The van der Waals surface area contributed by atoms with Gasteiger partial charge in [0.05, 0.1) is 23.2 Å². The Labute approximate surface area is 108 Å². The molecule has 0 saturated carbocycles. The van der Waals surface area contributed by atoms with Crippen LogP contribution in [0.2, 0.25) is 0 Å². The number of para-hydroxylation sites is 2. The van der Waals surface area contributed by atoms with Crippen molar-refractivity contribution in [2.24, 2.45) is 5.73 Å². The fourth-order valence-corrected chi connectivity index (χ4v) is 3.53. The first-order valence-corrected chi connectivity index (χ1v) is 7.50. The molecule has 0 aliphatic carbocycles. The molecule has 0 spiro atoms. The van der Waals surface area contributed by atoms with Gasteiger partial charge in [-0.15, -0.1) is 0 Å². The summed E-state index contributed by atoms with van der Waals surface area (Å²) in [4.78, 5) is 2.06. The van der Waals surface area contributed by atoms with Gasteiger partial charge in [0.15, 0.2) is 0 Å². The molecule has 0 bridgehead atoms. The SMILES string of the molecule is CC(CN)S(=O)(=O)N1CCN(C)c2ccccc21. The summed E-state index contributed by atoms with van der Waals surface area (Å²) in [6, 6.07) is 7.54. The van der Waals surface area contributed by atoms with Gasteiger partial charge in [0.2, 0.25) is 10.0 Å². The maximum absolute atomic E-state index is 12.4. The Kier molecular flexibility index (Phi) is 3.49. The fraction of sp³-hybridized carbons (Fsp3) is 0.500. The number of likely N-dealkylation sites (N-methyl/N-ethyl adjacent to an activating group) is 1. The topological polar surface area (TPSA) is 66.6 Å². The predicted octanol–water partition coefficient (Wildman–Crippen LogP) is 0.620. The number of benzene rings is 1. The fourth-order valence-electron chi connectivity index (χ4n) is 2.08. The van der Waals surface area contributed by atoms with E-state index in [0.29, 0.717) is 13.1 Å². The van der Waals surface area contributed by atoms with Crippen molar-refractivity contribution in [1.29, 1.82) is 0 Å². The first-order chi connectivity index (χ1) is 8.48. The second-order valence-corrected chi connectivity index (χ2v) is 6.85. The zero-order chi connectivity index (χ0) is 13.3. The highest BCUT2D eigenvalue weighted by Crippen LogP contribution is 2.34. The quantitative estimate of drug-likeness (QED) is 0.873. The normalized spacial score (nSPS) is 17.5. The van der Waals surface area contributed by atoms with Crippen molar-refractivity contribution >= 4 is 21.4 Å². The lowest BCUT2D eigenvalue weighted by Crippen LogP contribution is -2.47. The maximum atomic E-state index is 12.4. The first-order valence-electron chi connectivity index (χ1n) is 6.00. The van der Waals surface area contributed by atoms with Gasteiger partial charge in [-0.25, -0.2) is 8.42 Å². The molecule has 0 amide bonds. The van der Waals surface area contributed by atoms with Crippen molar-refractivity contribution < 1.29 is 8.42 Å². The molecule has 6 heteroatoms. The molecule has 100 valence electrons. The van der Waals surface area contributed by atoms with Crippen LogP contribution in [0.1, 0.15) is 6.92 Å². The van der Waals surface area contributed by atoms with Gasteiger partial charge >= 0.3 is 0 Å². The second-order valence-electron chi connectivity index (χ2n) is 4.57. The summed E-state index contributed by atoms with van der Waals surface area (Å²) in [5.74, 6) is 0. The molecule has 1 unspecified atom stereocenters. The van der Waals surface area contributed by atoms with E-state index < -0.39 is 15.3 Å². The van der Waals surface area contributed by atoms with Gasteiger partial charge in [0, 0.05) is 20.1 Å². The zero-order valence-electron chi connectivity index (χ0n) is 10.7. The minimum atomic E-state index is -3.37. The third-order valence-electron chi connectivity index (χ3n) is 3.35. The highest BCUT2D eigenvalue weighted by Gasteiger charge is 2.32. The average molecular weight is 269 g/mol. The molecule has 1 atom stereocenters. The molecule has 1 aromatic carbocycles. The van der Waals surface area contributed by atoms with Gasteiger partial charge in [-0.05, 0) is 19.1 Å².